The van der Waals surface area contributed by atoms with Gasteiger partial charge in [-0.15, -0.1) is 16.4 Å². The first-order valence-electron chi connectivity index (χ1n) is 27.8. The first-order chi connectivity index (χ1) is 39.1. The van der Waals surface area contributed by atoms with Crippen molar-refractivity contribution in [1.29, 1.82) is 0 Å². The number of hydrogen-bond donors (Lipinski definition) is 5. The monoisotopic (exact) mass is 1120 g/mol. The number of benzene rings is 4. The van der Waals surface area contributed by atoms with Gasteiger partial charge in [-0.25, -0.2) is 14.1 Å². The number of aromatic amines is 1. The summed E-state index contributed by atoms with van der Waals surface area (Å²) < 4.78 is 36.5. The number of aliphatic hydroxyl groups excluding tert-OH is 2. The number of thiazole rings is 1. The lowest BCUT2D eigenvalue weighted by molar-refractivity contribution is -0.143. The van der Waals surface area contributed by atoms with Gasteiger partial charge in [-0.3, -0.25) is 14.7 Å². The molecular weight excluding hydrogens is 1050 g/mol. The van der Waals surface area contributed by atoms with Gasteiger partial charge in [0.15, 0.2) is 5.75 Å². The summed E-state index contributed by atoms with van der Waals surface area (Å²) in [7, 11) is 3.68. The van der Waals surface area contributed by atoms with Gasteiger partial charge in [0.25, 0.3) is 0 Å². The number of H-pyrrole nitrogens is 1. The summed E-state index contributed by atoms with van der Waals surface area (Å²) in [6.45, 7) is 13.0. The van der Waals surface area contributed by atoms with E-state index < -0.39 is 36.2 Å². The van der Waals surface area contributed by atoms with Crippen molar-refractivity contribution in [2.45, 2.75) is 122 Å². The van der Waals surface area contributed by atoms with Gasteiger partial charge in [-0.2, -0.15) is 15.1 Å². The van der Waals surface area contributed by atoms with Gasteiger partial charge in [-0.05, 0) is 105 Å². The average Bonchev–Trinajstić information content (AvgIpc) is 3.71. The van der Waals surface area contributed by atoms with Crippen molar-refractivity contribution < 1.29 is 38.4 Å². The van der Waals surface area contributed by atoms with Gasteiger partial charge in [0, 0.05) is 67.2 Å². The SMILES string of the molecule is CO[C@@H](C)COc1nc(N(C)[C@@H]2CCNC2)c2cc(C3CC3)c(-c3c(C)c(F)cc4[nH]ncc34)c(OCc3ccc(-c4cn([C@H](C(=O)N5C[C@H](O)C[C@H]5C(=O)N[C@H](c5ccc(-c6scnc6C)cc5)[C@H](C)O)C(C)C)nn4)cc3)c2n1. The van der Waals surface area contributed by atoms with Crippen LogP contribution in [0.4, 0.5) is 10.2 Å². The van der Waals surface area contributed by atoms with Crippen molar-refractivity contribution in [2.75, 3.05) is 45.3 Å². The number of methoxy groups -OCH3 is 1. The number of nitrogens with one attached hydrogen (secondary N) is 3. The summed E-state index contributed by atoms with van der Waals surface area (Å²) in [5, 5.41) is 46.2. The van der Waals surface area contributed by atoms with Crippen molar-refractivity contribution in [3.05, 3.63) is 112 Å². The Bertz CT molecular complexity index is 3580. The lowest BCUT2D eigenvalue weighted by Gasteiger charge is -2.31. The van der Waals surface area contributed by atoms with Crippen LogP contribution >= 0.6 is 11.3 Å². The maximum Gasteiger partial charge on any atom is 0.319 e. The number of ether oxygens (including phenoxy) is 3. The number of anilines is 1. The molecule has 11 rings (SSSR count). The predicted octanol–water partition coefficient (Wildman–Crippen LogP) is 8.38. The van der Waals surface area contributed by atoms with E-state index in [1.807, 2.05) is 76.2 Å². The molecule has 0 radical (unpaired) electrons. The van der Waals surface area contributed by atoms with Crippen LogP contribution in [0.1, 0.15) is 99.3 Å². The van der Waals surface area contributed by atoms with Crippen LogP contribution in [0, 0.1) is 25.6 Å². The number of likely N-dealkylation sites (tertiary alicyclic amines) is 1. The number of rotatable bonds is 20. The Labute approximate surface area is 473 Å². The number of carbonyl (C=O) groups excluding carboxylic acids is 2. The third-order valence-electron chi connectivity index (χ3n) is 16.1. The third kappa shape index (κ3) is 11.2. The number of aromatic nitrogens is 8. The number of nitrogens with zero attached hydrogens (tertiary/aromatic N) is 9. The number of aliphatic hydroxyl groups is 2. The predicted molar refractivity (Wildman–Crippen MR) is 308 cm³/mol. The molecule has 4 aromatic carbocycles. The number of aryl methyl sites for hydroxylation is 1. The Morgan fingerprint density at radius 2 is 1.74 bits per heavy atom. The van der Waals surface area contributed by atoms with E-state index in [0.717, 1.165) is 81.5 Å². The zero-order chi connectivity index (χ0) is 56.8. The van der Waals surface area contributed by atoms with Crippen LogP contribution in [-0.4, -0.2) is 138 Å². The summed E-state index contributed by atoms with van der Waals surface area (Å²) in [4.78, 5) is 48.0. The Balaban J connectivity index is 0.874. The standard InChI is InChI=1S/C60H69FN12O7S/c1-31(2)54(59(77)72-26-42(75)21-49(72)58(76)65-52(35(6)74)39-15-17-40(18-16-39)56-34(5)63-30-81-56)73-27-48(69-70-73)38-11-9-36(10-12-38)29-79-55-51(50-33(4)46(61)23-47-45(50)25-64-68-47)43(37-13-14-37)22-44-53(55)66-60(80-28-32(3)78-8)67-57(44)71(7)41-19-20-62-24-41/h9-12,15-18,22-23,25,27,30-32,35,37,41-42,49,52,54,62,74-75H,13-14,19-21,24,26,28-29H2,1-8H3,(H,64,68)(H,65,76)/t32-,35-,41+,42+,49-,52-,54-/m0/s1. The van der Waals surface area contributed by atoms with E-state index in [4.69, 9.17) is 24.2 Å². The lowest BCUT2D eigenvalue weighted by Crippen LogP contribution is -2.50. The van der Waals surface area contributed by atoms with Gasteiger partial charge in [0.2, 0.25) is 11.8 Å². The van der Waals surface area contributed by atoms with Crippen LogP contribution in [0.25, 0.3) is 54.6 Å². The van der Waals surface area contributed by atoms with Crippen LogP contribution in [0.5, 0.6) is 11.8 Å². The highest BCUT2D eigenvalue weighted by Crippen LogP contribution is 2.53. The van der Waals surface area contributed by atoms with Crippen LogP contribution in [0.2, 0.25) is 0 Å². The maximum absolute atomic E-state index is 16.1. The van der Waals surface area contributed by atoms with Crippen molar-refractivity contribution in [1.82, 2.24) is 55.7 Å². The minimum atomic E-state index is -0.993. The van der Waals surface area contributed by atoms with E-state index in [1.165, 1.54) is 15.6 Å². The molecule has 4 aromatic heterocycles. The smallest absolute Gasteiger partial charge is 0.319 e. The minimum Gasteiger partial charge on any atom is -0.486 e. The second-order valence-electron chi connectivity index (χ2n) is 22.2. The van der Waals surface area contributed by atoms with E-state index >= 15 is 4.39 Å². The molecule has 0 spiro atoms. The fourth-order valence-electron chi connectivity index (χ4n) is 11.4. The second-order valence-corrected chi connectivity index (χ2v) is 23.1. The number of fused-ring (bicyclic) bond motifs is 2. The number of β-amino-alcohol motifs (C(OH)–C–C–N with tert-alkyl or cyclic N) is 1. The molecule has 19 nitrogen and oxygen atoms in total. The third-order valence-corrected chi connectivity index (χ3v) is 17.1. The Morgan fingerprint density at radius 3 is 2.42 bits per heavy atom. The first kappa shape index (κ1) is 55.5. The zero-order valence-electron chi connectivity index (χ0n) is 46.8. The summed E-state index contributed by atoms with van der Waals surface area (Å²) in [5.74, 6) is -0.124. The Hall–Kier alpha value is -7.43. The highest BCUT2D eigenvalue weighted by atomic mass is 32.1. The van der Waals surface area contributed by atoms with Crippen LogP contribution in [-0.2, 0) is 20.9 Å². The Morgan fingerprint density at radius 1 is 0.975 bits per heavy atom. The van der Waals surface area contributed by atoms with Gasteiger partial charge >= 0.3 is 6.01 Å². The molecule has 21 heteroatoms. The molecule has 424 valence electrons. The molecule has 3 fully saturated rings. The molecule has 3 aliphatic rings. The van der Waals surface area contributed by atoms with E-state index in [9.17, 15) is 19.8 Å². The topological polar surface area (TPSA) is 231 Å². The van der Waals surface area contributed by atoms with Gasteiger partial charge in [-0.1, -0.05) is 67.6 Å². The molecule has 2 aliphatic heterocycles. The fourth-order valence-corrected chi connectivity index (χ4v) is 12.2. The van der Waals surface area contributed by atoms with E-state index in [2.05, 4.69) is 54.1 Å². The molecule has 2 amide bonds. The molecule has 5 N–H and O–H groups in total. The molecule has 0 unspecified atom stereocenters. The van der Waals surface area contributed by atoms with Gasteiger partial charge < -0.3 is 44.9 Å². The molecule has 7 atom stereocenters. The summed E-state index contributed by atoms with van der Waals surface area (Å²) >= 11 is 1.54. The molecule has 6 heterocycles. The van der Waals surface area contributed by atoms with E-state index in [1.54, 1.807) is 50.2 Å². The first-order valence-corrected chi connectivity index (χ1v) is 28.7. The second kappa shape index (κ2) is 23.2. The van der Waals surface area contributed by atoms with Crippen molar-refractivity contribution in [2.24, 2.45) is 5.92 Å². The van der Waals surface area contributed by atoms with Crippen LogP contribution in [0.3, 0.4) is 0 Å². The summed E-state index contributed by atoms with van der Waals surface area (Å²) in [5.41, 5.74) is 10.5. The van der Waals surface area contributed by atoms with Gasteiger partial charge in [0.05, 0.1) is 58.3 Å². The highest BCUT2D eigenvalue weighted by Gasteiger charge is 2.44. The molecule has 81 heavy (non-hydrogen) atoms. The van der Waals surface area contributed by atoms with Crippen LogP contribution < -0.4 is 25.0 Å². The quantitative estimate of drug-likeness (QED) is 0.0483. The number of halogens is 1. The number of likely N-dealkylation sites (N-methyl/N-ethyl adjacent to an activating group) is 1. The minimum absolute atomic E-state index is 0.0352. The van der Waals surface area contributed by atoms with E-state index in [-0.39, 0.29) is 67.9 Å². The van der Waals surface area contributed by atoms with Crippen molar-refractivity contribution in [3.8, 4) is 44.6 Å². The molecule has 0 bridgehead atoms. The molecule has 8 aromatic rings. The molecule has 2 saturated heterocycles. The molecular formula is C60H69FN12O7S. The number of amides is 2. The Kier molecular flexibility index (Phi) is 15.9. The fraction of sp³-hybridized carbons (Fsp3) is 0.433. The zero-order valence-corrected chi connectivity index (χ0v) is 47.6. The lowest BCUT2D eigenvalue weighted by atomic mass is 9.88. The van der Waals surface area contributed by atoms with Crippen LogP contribution in [0.15, 0.2) is 78.6 Å². The van der Waals surface area contributed by atoms with Crippen molar-refractivity contribution in [3.63, 3.8) is 0 Å². The summed E-state index contributed by atoms with van der Waals surface area (Å²) in [6.07, 6.45) is 4.23. The molecule has 1 aliphatic carbocycles. The van der Waals surface area contributed by atoms with Crippen molar-refractivity contribution >= 4 is 50.8 Å². The largest absolute Gasteiger partial charge is 0.486 e. The molecule has 1 saturated carbocycles. The number of carbonyl (C=O) groups is 2. The van der Waals surface area contributed by atoms with Gasteiger partial charge in [0.1, 0.15) is 48.1 Å². The van der Waals surface area contributed by atoms with E-state index in [0.29, 0.717) is 45.0 Å². The normalized spacial score (nSPS) is 18.9. The average molecular weight is 1120 g/mol. The number of hydrogen-bond acceptors (Lipinski definition) is 16. The highest BCUT2D eigenvalue weighted by molar-refractivity contribution is 7.13. The summed E-state index contributed by atoms with van der Waals surface area (Å²) in [6, 6.07) is 16.7. The maximum atomic E-state index is 16.1.